The summed E-state index contributed by atoms with van der Waals surface area (Å²) in [6, 6.07) is 13.5. The molecule has 1 N–H and O–H groups in total. The van der Waals surface area contributed by atoms with Crippen LogP contribution in [0.1, 0.15) is 18.1 Å². The summed E-state index contributed by atoms with van der Waals surface area (Å²) in [6.45, 7) is 3.86. The van der Waals surface area contributed by atoms with Crippen molar-refractivity contribution in [1.29, 1.82) is 0 Å². The Balaban J connectivity index is 1.95. The van der Waals surface area contributed by atoms with Crippen LogP contribution in [0.25, 0.3) is 0 Å². The summed E-state index contributed by atoms with van der Waals surface area (Å²) in [6.07, 6.45) is 0. The molecule has 1 amide bonds. The van der Waals surface area contributed by atoms with Crippen LogP contribution in [0.2, 0.25) is 5.02 Å². The topological polar surface area (TPSA) is 29.1 Å². The van der Waals surface area contributed by atoms with E-state index in [0.29, 0.717) is 5.02 Å². The zero-order valence-electron chi connectivity index (χ0n) is 12.4. The second-order valence-electron chi connectivity index (χ2n) is 4.99. The Labute approximate surface area is 148 Å². The fourth-order valence-corrected chi connectivity index (χ4v) is 3.54. The molecule has 1 atom stereocenters. The van der Waals surface area contributed by atoms with Gasteiger partial charge in [-0.05, 0) is 43.2 Å². The second-order valence-corrected chi connectivity index (χ2v) is 7.61. The highest BCUT2D eigenvalue weighted by Gasteiger charge is 2.15. The third-order valence-electron chi connectivity index (χ3n) is 3.27. The molecular weight excluding hydrogens is 382 g/mol. The van der Waals surface area contributed by atoms with Crippen molar-refractivity contribution in [1.82, 2.24) is 0 Å². The van der Waals surface area contributed by atoms with E-state index in [2.05, 4.69) is 27.3 Å². The Morgan fingerprint density at radius 2 is 2.05 bits per heavy atom. The molecule has 2 aromatic carbocycles. The number of anilines is 1. The molecule has 2 nitrogen and oxygen atoms in total. The van der Waals surface area contributed by atoms with Gasteiger partial charge in [0.2, 0.25) is 5.91 Å². The van der Waals surface area contributed by atoms with Crippen LogP contribution in [0, 0.1) is 6.92 Å². The smallest absolute Gasteiger partial charge is 0.237 e. The zero-order chi connectivity index (χ0) is 16.1. The lowest BCUT2D eigenvalue weighted by atomic mass is 10.2. The van der Waals surface area contributed by atoms with Crippen LogP contribution in [-0.4, -0.2) is 11.2 Å². The number of carbonyl (C=O) groups excluding carboxylic acids is 1. The number of rotatable bonds is 5. The van der Waals surface area contributed by atoms with Crippen LogP contribution >= 0.6 is 39.3 Å². The number of hydrogen-bond donors (Lipinski definition) is 1. The molecule has 0 fully saturated rings. The molecule has 0 aliphatic rings. The minimum atomic E-state index is -0.148. The Kier molecular flexibility index (Phi) is 6.36. The molecule has 2 rings (SSSR count). The lowest BCUT2D eigenvalue weighted by Gasteiger charge is -2.14. The first-order valence-electron chi connectivity index (χ1n) is 6.89. The van der Waals surface area contributed by atoms with Crippen LogP contribution in [0.3, 0.4) is 0 Å². The van der Waals surface area contributed by atoms with E-state index in [1.54, 1.807) is 17.8 Å². The van der Waals surface area contributed by atoms with Crippen LogP contribution in [0.4, 0.5) is 5.69 Å². The second kappa shape index (κ2) is 8.04. The summed E-state index contributed by atoms with van der Waals surface area (Å²) in [5.41, 5.74) is 2.96. The molecule has 0 bridgehead atoms. The SMILES string of the molecule is Cc1ccc(Cl)cc1NC(=O)[C@H](C)SCc1ccccc1Br. The molecule has 0 radical (unpaired) electrons. The molecule has 0 saturated heterocycles. The Morgan fingerprint density at radius 1 is 1.32 bits per heavy atom. The van der Waals surface area contributed by atoms with E-state index < -0.39 is 0 Å². The maximum Gasteiger partial charge on any atom is 0.237 e. The Hall–Kier alpha value is -0.970. The van der Waals surface area contributed by atoms with Crippen molar-refractivity contribution in [3.05, 3.63) is 63.1 Å². The van der Waals surface area contributed by atoms with Crippen molar-refractivity contribution in [2.24, 2.45) is 0 Å². The number of thioether (sulfide) groups is 1. The van der Waals surface area contributed by atoms with Crippen molar-refractivity contribution < 1.29 is 4.79 Å². The average Bonchev–Trinajstić information content (AvgIpc) is 2.49. The predicted molar refractivity (Wildman–Crippen MR) is 99.7 cm³/mol. The third kappa shape index (κ3) is 4.77. The summed E-state index contributed by atoms with van der Waals surface area (Å²) in [5.74, 6) is 0.771. The van der Waals surface area contributed by atoms with E-state index in [4.69, 9.17) is 11.6 Å². The molecule has 2 aromatic rings. The van der Waals surface area contributed by atoms with Gasteiger partial charge in [-0.15, -0.1) is 11.8 Å². The molecule has 0 aliphatic carbocycles. The highest BCUT2D eigenvalue weighted by atomic mass is 79.9. The van der Waals surface area contributed by atoms with Crippen molar-refractivity contribution in [3.8, 4) is 0 Å². The molecule has 0 spiro atoms. The van der Waals surface area contributed by atoms with Gasteiger partial charge in [-0.25, -0.2) is 0 Å². The first kappa shape index (κ1) is 17.4. The van der Waals surface area contributed by atoms with Crippen LogP contribution in [-0.2, 0) is 10.5 Å². The van der Waals surface area contributed by atoms with E-state index >= 15 is 0 Å². The van der Waals surface area contributed by atoms with Gasteiger partial charge in [0.25, 0.3) is 0 Å². The monoisotopic (exact) mass is 397 g/mol. The molecule has 0 unspecified atom stereocenters. The number of carbonyl (C=O) groups is 1. The molecular formula is C17H17BrClNOS. The fourth-order valence-electron chi connectivity index (χ4n) is 1.87. The number of halogens is 2. The van der Waals surface area contributed by atoms with Gasteiger partial charge in [0.05, 0.1) is 5.25 Å². The molecule has 5 heteroatoms. The highest BCUT2D eigenvalue weighted by molar-refractivity contribution is 9.10. The van der Waals surface area contributed by atoms with Crippen molar-refractivity contribution in [2.45, 2.75) is 24.9 Å². The van der Waals surface area contributed by atoms with Crippen LogP contribution in [0.5, 0.6) is 0 Å². The minimum Gasteiger partial charge on any atom is -0.325 e. The van der Waals surface area contributed by atoms with E-state index in [9.17, 15) is 4.79 Å². The van der Waals surface area contributed by atoms with Gasteiger partial charge in [0.1, 0.15) is 0 Å². The van der Waals surface area contributed by atoms with Crippen LogP contribution in [0.15, 0.2) is 46.9 Å². The standard InChI is InChI=1S/C17H17BrClNOS/c1-11-7-8-14(19)9-16(11)20-17(21)12(2)22-10-13-5-3-4-6-15(13)18/h3-9,12H,10H2,1-2H3,(H,20,21)/t12-/m0/s1. The first-order chi connectivity index (χ1) is 10.5. The number of benzene rings is 2. The average molecular weight is 399 g/mol. The first-order valence-corrected chi connectivity index (χ1v) is 9.11. The largest absolute Gasteiger partial charge is 0.325 e. The van der Waals surface area contributed by atoms with E-state index in [0.717, 1.165) is 21.5 Å². The molecule has 0 aliphatic heterocycles. The highest BCUT2D eigenvalue weighted by Crippen LogP contribution is 2.25. The Bertz CT molecular complexity index is 677. The molecule has 0 saturated carbocycles. The summed E-state index contributed by atoms with van der Waals surface area (Å²) >= 11 is 11.1. The molecule has 0 heterocycles. The van der Waals surface area contributed by atoms with Gasteiger partial charge in [-0.3, -0.25) is 4.79 Å². The molecule has 0 aromatic heterocycles. The van der Waals surface area contributed by atoms with Gasteiger partial charge >= 0.3 is 0 Å². The van der Waals surface area contributed by atoms with E-state index in [1.807, 2.05) is 44.2 Å². The molecule has 116 valence electrons. The maximum atomic E-state index is 12.3. The van der Waals surface area contributed by atoms with E-state index in [-0.39, 0.29) is 11.2 Å². The summed E-state index contributed by atoms with van der Waals surface area (Å²) in [4.78, 5) is 12.3. The normalized spacial score (nSPS) is 12.0. The molecule has 22 heavy (non-hydrogen) atoms. The Morgan fingerprint density at radius 3 is 2.77 bits per heavy atom. The van der Waals surface area contributed by atoms with Crippen molar-refractivity contribution in [3.63, 3.8) is 0 Å². The number of aryl methyl sites for hydroxylation is 1. The minimum absolute atomic E-state index is 0.0116. The van der Waals surface area contributed by atoms with Crippen LogP contribution < -0.4 is 5.32 Å². The van der Waals surface area contributed by atoms with Gasteiger partial charge in [0, 0.05) is 20.9 Å². The fraction of sp³-hybridized carbons (Fsp3) is 0.235. The number of nitrogens with one attached hydrogen (secondary N) is 1. The van der Waals surface area contributed by atoms with Gasteiger partial charge < -0.3 is 5.32 Å². The van der Waals surface area contributed by atoms with Crippen molar-refractivity contribution in [2.75, 3.05) is 5.32 Å². The lowest BCUT2D eigenvalue weighted by molar-refractivity contribution is -0.115. The number of hydrogen-bond acceptors (Lipinski definition) is 2. The van der Waals surface area contributed by atoms with Gasteiger partial charge in [-0.2, -0.15) is 0 Å². The quantitative estimate of drug-likeness (QED) is 0.703. The third-order valence-corrected chi connectivity index (χ3v) is 5.47. The van der Waals surface area contributed by atoms with E-state index in [1.165, 1.54) is 5.56 Å². The zero-order valence-corrected chi connectivity index (χ0v) is 15.6. The van der Waals surface area contributed by atoms with Gasteiger partial charge in [0.15, 0.2) is 0 Å². The summed E-state index contributed by atoms with van der Waals surface area (Å²) in [7, 11) is 0. The van der Waals surface area contributed by atoms with Crippen molar-refractivity contribution >= 4 is 50.9 Å². The predicted octanol–water partition coefficient (Wildman–Crippen LogP) is 5.67. The lowest BCUT2D eigenvalue weighted by Crippen LogP contribution is -2.23. The summed E-state index contributed by atoms with van der Waals surface area (Å²) in [5, 5.41) is 3.42. The summed E-state index contributed by atoms with van der Waals surface area (Å²) < 4.78 is 1.07. The van der Waals surface area contributed by atoms with Gasteiger partial charge in [-0.1, -0.05) is 51.8 Å². The number of amides is 1. The maximum absolute atomic E-state index is 12.3.